The van der Waals surface area contributed by atoms with Gasteiger partial charge in [-0.15, -0.1) is 0 Å². The molecule has 1 amide bonds. The Bertz CT molecular complexity index is 766. The monoisotopic (exact) mass is 390 g/mol. The summed E-state index contributed by atoms with van der Waals surface area (Å²) in [5.41, 5.74) is 0.602. The second-order valence-electron chi connectivity index (χ2n) is 5.41. The lowest BCUT2D eigenvalue weighted by molar-refractivity contribution is -0.126. The number of nitrogens with one attached hydrogen (secondary N) is 1. The number of ether oxygens (including phenoxy) is 2. The summed E-state index contributed by atoms with van der Waals surface area (Å²) in [6.07, 6.45) is 1.79. The SMILES string of the molecule is COc1cc(/C=N\OCC(=O)N[C@H]2CCS(=O)(=O)C2)cc(Cl)c1OC. The molecule has 0 saturated carbocycles. The number of hydrogen-bond donors (Lipinski definition) is 1. The van der Waals surface area contributed by atoms with Gasteiger partial charge in [0.15, 0.2) is 27.9 Å². The molecule has 10 heteroatoms. The van der Waals surface area contributed by atoms with Gasteiger partial charge >= 0.3 is 0 Å². The van der Waals surface area contributed by atoms with E-state index in [2.05, 4.69) is 10.5 Å². The van der Waals surface area contributed by atoms with Crippen molar-refractivity contribution in [1.29, 1.82) is 0 Å². The molecular formula is C15H19ClN2O6S. The summed E-state index contributed by atoms with van der Waals surface area (Å²) in [6, 6.07) is 2.90. The molecule has 1 aromatic carbocycles. The molecule has 0 bridgehead atoms. The van der Waals surface area contributed by atoms with Crippen LogP contribution in [0.3, 0.4) is 0 Å². The van der Waals surface area contributed by atoms with E-state index in [9.17, 15) is 13.2 Å². The number of carbonyl (C=O) groups is 1. The van der Waals surface area contributed by atoms with E-state index < -0.39 is 15.7 Å². The van der Waals surface area contributed by atoms with Crippen molar-refractivity contribution in [2.24, 2.45) is 5.16 Å². The van der Waals surface area contributed by atoms with Crippen molar-refractivity contribution in [3.05, 3.63) is 22.7 Å². The molecule has 2 rings (SSSR count). The van der Waals surface area contributed by atoms with Crippen LogP contribution < -0.4 is 14.8 Å². The van der Waals surface area contributed by atoms with Crippen molar-refractivity contribution in [2.45, 2.75) is 12.5 Å². The van der Waals surface area contributed by atoms with Crippen LogP contribution in [0.4, 0.5) is 0 Å². The maximum absolute atomic E-state index is 11.7. The fourth-order valence-electron chi connectivity index (χ4n) is 2.38. The Labute approximate surface area is 151 Å². The highest BCUT2D eigenvalue weighted by atomic mass is 35.5. The maximum Gasteiger partial charge on any atom is 0.261 e. The van der Waals surface area contributed by atoms with Crippen molar-refractivity contribution in [1.82, 2.24) is 5.32 Å². The minimum atomic E-state index is -3.04. The van der Waals surface area contributed by atoms with Crippen molar-refractivity contribution in [3.8, 4) is 11.5 Å². The van der Waals surface area contributed by atoms with Gasteiger partial charge in [0.1, 0.15) is 0 Å². The van der Waals surface area contributed by atoms with Gasteiger partial charge in [-0.1, -0.05) is 16.8 Å². The lowest BCUT2D eigenvalue weighted by Crippen LogP contribution is -2.37. The van der Waals surface area contributed by atoms with E-state index in [0.29, 0.717) is 28.5 Å². The number of amides is 1. The summed E-state index contributed by atoms with van der Waals surface area (Å²) < 4.78 is 33.0. The van der Waals surface area contributed by atoms with Crippen LogP contribution in [0.15, 0.2) is 17.3 Å². The lowest BCUT2D eigenvalue weighted by Gasteiger charge is -2.10. The van der Waals surface area contributed by atoms with Crippen molar-refractivity contribution in [3.63, 3.8) is 0 Å². The number of rotatable bonds is 7. The summed E-state index contributed by atoms with van der Waals surface area (Å²) in [5.74, 6) is 0.484. The minimum absolute atomic E-state index is 0.0356. The molecule has 138 valence electrons. The zero-order chi connectivity index (χ0) is 18.4. The normalized spacial score (nSPS) is 18.9. The molecule has 1 aliphatic heterocycles. The van der Waals surface area contributed by atoms with E-state index in [1.807, 2.05) is 0 Å². The number of carbonyl (C=O) groups excluding carboxylic acids is 1. The average molecular weight is 391 g/mol. The summed E-state index contributed by atoms with van der Waals surface area (Å²) in [7, 11) is -0.0723. The highest BCUT2D eigenvalue weighted by Crippen LogP contribution is 2.35. The fourth-order valence-corrected chi connectivity index (χ4v) is 4.35. The van der Waals surface area contributed by atoms with Gasteiger partial charge in [-0.25, -0.2) is 8.42 Å². The number of oxime groups is 1. The Morgan fingerprint density at radius 2 is 2.16 bits per heavy atom. The summed E-state index contributed by atoms with van der Waals surface area (Å²) in [5, 5.41) is 6.65. The first-order chi connectivity index (χ1) is 11.8. The van der Waals surface area contributed by atoms with E-state index in [-0.39, 0.29) is 24.2 Å². The van der Waals surface area contributed by atoms with Crippen LogP contribution in [-0.2, 0) is 19.5 Å². The standard InChI is InChI=1S/C15H19ClN2O6S/c1-22-13-6-10(5-12(16)15(13)23-2)7-17-24-8-14(19)18-11-3-4-25(20,21)9-11/h5-7,11H,3-4,8-9H2,1-2H3,(H,18,19)/b17-7-/t11-/m0/s1. The van der Waals surface area contributed by atoms with Gasteiger partial charge in [0.05, 0.1) is 37.0 Å². The topological polar surface area (TPSA) is 103 Å². The zero-order valence-corrected chi connectivity index (χ0v) is 15.4. The second kappa shape index (κ2) is 8.39. The van der Waals surface area contributed by atoms with Gasteiger partial charge < -0.3 is 19.6 Å². The first kappa shape index (κ1) is 19.3. The summed E-state index contributed by atoms with van der Waals surface area (Å²) in [4.78, 5) is 16.6. The molecule has 0 unspecified atom stereocenters. The van der Waals surface area contributed by atoms with Crippen LogP contribution in [-0.4, -0.2) is 58.9 Å². The zero-order valence-electron chi connectivity index (χ0n) is 13.8. The highest BCUT2D eigenvalue weighted by molar-refractivity contribution is 7.91. The predicted molar refractivity (Wildman–Crippen MR) is 93.3 cm³/mol. The van der Waals surface area contributed by atoms with Crippen molar-refractivity contribution in [2.75, 3.05) is 32.3 Å². The maximum atomic E-state index is 11.7. The summed E-state index contributed by atoms with van der Waals surface area (Å²) >= 11 is 6.07. The van der Waals surface area contributed by atoms with Crippen molar-refractivity contribution < 1.29 is 27.5 Å². The van der Waals surface area contributed by atoms with E-state index in [1.165, 1.54) is 20.4 Å². The third-order valence-electron chi connectivity index (χ3n) is 3.53. The first-order valence-electron chi connectivity index (χ1n) is 7.41. The molecular weight excluding hydrogens is 372 g/mol. The van der Waals surface area contributed by atoms with Gasteiger partial charge in [0, 0.05) is 11.6 Å². The molecule has 0 aromatic heterocycles. The first-order valence-corrected chi connectivity index (χ1v) is 9.61. The van der Waals surface area contributed by atoms with Crippen LogP contribution in [0.1, 0.15) is 12.0 Å². The second-order valence-corrected chi connectivity index (χ2v) is 8.05. The largest absolute Gasteiger partial charge is 0.493 e. The third-order valence-corrected chi connectivity index (χ3v) is 5.57. The number of nitrogens with zero attached hydrogens (tertiary/aromatic N) is 1. The molecule has 8 nitrogen and oxygen atoms in total. The van der Waals surface area contributed by atoms with Gasteiger partial charge in [0.25, 0.3) is 5.91 Å². The minimum Gasteiger partial charge on any atom is -0.493 e. The van der Waals surface area contributed by atoms with Crippen molar-refractivity contribution >= 4 is 33.6 Å². The number of sulfone groups is 1. The van der Waals surface area contributed by atoms with Gasteiger partial charge in [-0.2, -0.15) is 0 Å². The molecule has 1 aromatic rings. The van der Waals surface area contributed by atoms with E-state index in [0.717, 1.165) is 0 Å². The Balaban J connectivity index is 1.85. The molecule has 1 saturated heterocycles. The Hall–Kier alpha value is -2.00. The van der Waals surface area contributed by atoms with Gasteiger partial charge in [-0.05, 0) is 18.6 Å². The number of hydrogen-bond acceptors (Lipinski definition) is 7. The van der Waals surface area contributed by atoms with Crippen LogP contribution in [0.5, 0.6) is 11.5 Å². The Morgan fingerprint density at radius 1 is 1.40 bits per heavy atom. The number of benzene rings is 1. The molecule has 0 spiro atoms. The molecule has 1 fully saturated rings. The highest BCUT2D eigenvalue weighted by Gasteiger charge is 2.28. The Morgan fingerprint density at radius 3 is 2.76 bits per heavy atom. The van der Waals surface area contributed by atoms with Crippen LogP contribution in [0, 0.1) is 0 Å². The van der Waals surface area contributed by atoms with Crippen LogP contribution in [0.25, 0.3) is 0 Å². The molecule has 1 aliphatic rings. The molecule has 1 atom stereocenters. The smallest absolute Gasteiger partial charge is 0.261 e. The molecule has 0 radical (unpaired) electrons. The molecule has 25 heavy (non-hydrogen) atoms. The van der Waals surface area contributed by atoms with Crippen LogP contribution >= 0.6 is 11.6 Å². The third kappa shape index (κ3) is 5.50. The Kier molecular flexibility index (Phi) is 6.49. The van der Waals surface area contributed by atoms with E-state index >= 15 is 0 Å². The van der Waals surface area contributed by atoms with Gasteiger partial charge in [0.2, 0.25) is 0 Å². The predicted octanol–water partition coefficient (Wildman–Crippen LogP) is 1.01. The van der Waals surface area contributed by atoms with Gasteiger partial charge in [-0.3, -0.25) is 4.79 Å². The average Bonchev–Trinajstić information content (AvgIpc) is 2.89. The fraction of sp³-hybridized carbons (Fsp3) is 0.467. The summed E-state index contributed by atoms with van der Waals surface area (Å²) in [6.45, 7) is -0.311. The molecule has 0 aliphatic carbocycles. The molecule has 1 N–H and O–H groups in total. The number of methoxy groups -OCH3 is 2. The van der Waals surface area contributed by atoms with E-state index in [1.54, 1.807) is 12.1 Å². The van der Waals surface area contributed by atoms with E-state index in [4.69, 9.17) is 25.9 Å². The van der Waals surface area contributed by atoms with Crippen LogP contribution in [0.2, 0.25) is 5.02 Å². The number of halogens is 1. The lowest BCUT2D eigenvalue weighted by atomic mass is 10.2. The molecule has 1 heterocycles. The quantitative estimate of drug-likeness (QED) is 0.550.